The highest BCUT2D eigenvalue weighted by atomic mass is 16.2. The number of nitrogens with zero attached hydrogens (tertiary/aromatic N) is 1. The molecule has 4 N–H and O–H groups in total. The predicted octanol–water partition coefficient (Wildman–Crippen LogP) is 0.814. The van der Waals surface area contributed by atoms with E-state index < -0.39 is 5.41 Å². The lowest BCUT2D eigenvalue weighted by molar-refractivity contribution is -0.135. The van der Waals surface area contributed by atoms with Gasteiger partial charge in [0.25, 0.3) is 0 Å². The van der Waals surface area contributed by atoms with Crippen molar-refractivity contribution in [1.82, 2.24) is 0 Å². The van der Waals surface area contributed by atoms with Gasteiger partial charge in [0.15, 0.2) is 0 Å². The third kappa shape index (κ3) is 1.65. The first kappa shape index (κ1) is 12.2. The second-order valence-corrected chi connectivity index (χ2v) is 5.44. The molecule has 1 fully saturated rings. The maximum Gasteiger partial charge on any atom is 0.241 e. The van der Waals surface area contributed by atoms with E-state index in [1.54, 1.807) is 18.2 Å². The molecule has 1 saturated carbocycles. The molecule has 1 aromatic rings. The van der Waals surface area contributed by atoms with Crippen LogP contribution in [0.3, 0.4) is 0 Å². The number of carbonyl (C=O) groups excluding carboxylic acids is 2. The molecular formula is C14H17N3O2. The Labute approximate surface area is 111 Å². The molecule has 0 unspecified atom stereocenters. The number of hydrogen-bond acceptors (Lipinski definition) is 4. The molecule has 0 atom stereocenters. The van der Waals surface area contributed by atoms with Crippen LogP contribution < -0.4 is 16.4 Å². The normalized spacial score (nSPS) is 20.1. The minimum absolute atomic E-state index is 0.144. The standard InChI is InChI=1S/C14H17N3O2/c15-8-14(4-1-5-14)13(19)17-11-3-2-10(16)6-9(11)7-12(17)18/h2-3,6H,1,4-5,7-8,15-16H2. The predicted molar refractivity (Wildman–Crippen MR) is 72.4 cm³/mol. The van der Waals surface area contributed by atoms with Crippen LogP contribution >= 0.6 is 0 Å². The largest absolute Gasteiger partial charge is 0.399 e. The fourth-order valence-electron chi connectivity index (χ4n) is 2.91. The fraction of sp³-hybridized carbons (Fsp3) is 0.429. The molecule has 0 radical (unpaired) electrons. The number of nitrogen functional groups attached to an aromatic ring is 1. The van der Waals surface area contributed by atoms with E-state index in [2.05, 4.69) is 0 Å². The average molecular weight is 259 g/mol. The van der Waals surface area contributed by atoms with Gasteiger partial charge in [0.1, 0.15) is 0 Å². The van der Waals surface area contributed by atoms with Crippen molar-refractivity contribution in [3.05, 3.63) is 23.8 Å². The quantitative estimate of drug-likeness (QED) is 0.607. The number of amides is 2. The summed E-state index contributed by atoms with van der Waals surface area (Å²) in [6.07, 6.45) is 2.79. The van der Waals surface area contributed by atoms with Gasteiger partial charge in [-0.3, -0.25) is 9.59 Å². The van der Waals surface area contributed by atoms with E-state index in [1.807, 2.05) is 0 Å². The minimum atomic E-state index is -0.529. The summed E-state index contributed by atoms with van der Waals surface area (Å²) in [4.78, 5) is 26.0. The molecule has 0 spiro atoms. The molecular weight excluding hydrogens is 242 g/mol. The Kier molecular flexibility index (Phi) is 2.60. The molecule has 1 heterocycles. The topological polar surface area (TPSA) is 89.4 Å². The Morgan fingerprint density at radius 2 is 2.11 bits per heavy atom. The molecule has 19 heavy (non-hydrogen) atoms. The van der Waals surface area contributed by atoms with Crippen LogP contribution in [0.1, 0.15) is 24.8 Å². The molecule has 2 amide bonds. The van der Waals surface area contributed by atoms with Crippen molar-refractivity contribution in [2.24, 2.45) is 11.1 Å². The second-order valence-electron chi connectivity index (χ2n) is 5.44. The third-order valence-corrected chi connectivity index (χ3v) is 4.29. The Bertz CT molecular complexity index is 558. The first-order valence-electron chi connectivity index (χ1n) is 6.53. The van der Waals surface area contributed by atoms with E-state index in [0.29, 0.717) is 17.9 Å². The van der Waals surface area contributed by atoms with Crippen LogP contribution in [-0.2, 0) is 16.0 Å². The summed E-state index contributed by atoms with van der Waals surface area (Å²) in [6, 6.07) is 5.22. The Morgan fingerprint density at radius 3 is 2.68 bits per heavy atom. The number of nitrogens with two attached hydrogens (primary N) is 2. The smallest absolute Gasteiger partial charge is 0.241 e. The number of imide groups is 1. The molecule has 1 aliphatic heterocycles. The zero-order valence-corrected chi connectivity index (χ0v) is 10.7. The summed E-state index contributed by atoms with van der Waals surface area (Å²) in [5.41, 5.74) is 13.0. The SMILES string of the molecule is NCC1(C(=O)N2C(=O)Cc3cc(N)ccc32)CCC1. The van der Waals surface area contributed by atoms with Crippen LogP contribution in [0, 0.1) is 5.41 Å². The number of rotatable bonds is 2. The van der Waals surface area contributed by atoms with E-state index >= 15 is 0 Å². The van der Waals surface area contributed by atoms with Gasteiger partial charge >= 0.3 is 0 Å². The zero-order valence-electron chi connectivity index (χ0n) is 10.7. The zero-order chi connectivity index (χ0) is 13.6. The molecule has 0 saturated heterocycles. The number of hydrogen-bond donors (Lipinski definition) is 2. The van der Waals surface area contributed by atoms with Gasteiger partial charge < -0.3 is 11.5 Å². The maximum absolute atomic E-state index is 12.6. The molecule has 0 bridgehead atoms. The van der Waals surface area contributed by atoms with E-state index in [0.717, 1.165) is 24.8 Å². The summed E-state index contributed by atoms with van der Waals surface area (Å²) in [5, 5.41) is 0. The van der Waals surface area contributed by atoms with Crippen LogP contribution in [0.5, 0.6) is 0 Å². The minimum Gasteiger partial charge on any atom is -0.399 e. The van der Waals surface area contributed by atoms with Crippen molar-refractivity contribution in [2.45, 2.75) is 25.7 Å². The Balaban J connectivity index is 1.98. The van der Waals surface area contributed by atoms with E-state index in [-0.39, 0.29) is 18.2 Å². The lowest BCUT2D eigenvalue weighted by atomic mass is 9.68. The Hall–Kier alpha value is -1.88. The van der Waals surface area contributed by atoms with Crippen LogP contribution in [-0.4, -0.2) is 18.4 Å². The van der Waals surface area contributed by atoms with Crippen molar-refractivity contribution >= 4 is 23.2 Å². The first-order chi connectivity index (χ1) is 9.07. The molecule has 2 aliphatic rings. The van der Waals surface area contributed by atoms with Gasteiger partial charge in [0.05, 0.1) is 17.5 Å². The van der Waals surface area contributed by atoms with E-state index in [4.69, 9.17) is 11.5 Å². The van der Waals surface area contributed by atoms with Gasteiger partial charge in [-0.2, -0.15) is 0 Å². The number of carbonyl (C=O) groups is 2. The summed E-state index contributed by atoms with van der Waals surface area (Å²) in [7, 11) is 0. The van der Waals surface area contributed by atoms with E-state index in [1.165, 1.54) is 4.90 Å². The molecule has 1 aliphatic carbocycles. The molecule has 1 aromatic carbocycles. The average Bonchev–Trinajstić information content (AvgIpc) is 2.63. The van der Waals surface area contributed by atoms with Gasteiger partial charge in [-0.05, 0) is 36.6 Å². The molecule has 100 valence electrons. The van der Waals surface area contributed by atoms with Crippen LogP contribution in [0.25, 0.3) is 0 Å². The molecule has 0 aromatic heterocycles. The summed E-state index contributed by atoms with van der Waals surface area (Å²) in [5.74, 6) is -0.319. The summed E-state index contributed by atoms with van der Waals surface area (Å²) >= 11 is 0. The van der Waals surface area contributed by atoms with Gasteiger partial charge in [0.2, 0.25) is 11.8 Å². The van der Waals surface area contributed by atoms with Crippen molar-refractivity contribution < 1.29 is 9.59 Å². The van der Waals surface area contributed by atoms with Crippen LogP contribution in [0.4, 0.5) is 11.4 Å². The second kappa shape index (κ2) is 4.06. The number of benzene rings is 1. The highest BCUT2D eigenvalue weighted by Crippen LogP contribution is 2.44. The lowest BCUT2D eigenvalue weighted by Crippen LogP contribution is -2.53. The molecule has 5 nitrogen and oxygen atoms in total. The van der Waals surface area contributed by atoms with E-state index in [9.17, 15) is 9.59 Å². The van der Waals surface area contributed by atoms with Gasteiger partial charge in [-0.1, -0.05) is 6.42 Å². The number of fused-ring (bicyclic) bond motifs is 1. The first-order valence-corrected chi connectivity index (χ1v) is 6.53. The van der Waals surface area contributed by atoms with Crippen LogP contribution in [0.15, 0.2) is 18.2 Å². The van der Waals surface area contributed by atoms with Gasteiger partial charge in [-0.25, -0.2) is 4.90 Å². The van der Waals surface area contributed by atoms with Gasteiger partial charge in [0, 0.05) is 12.2 Å². The summed E-state index contributed by atoms with van der Waals surface area (Å²) < 4.78 is 0. The highest BCUT2D eigenvalue weighted by molar-refractivity contribution is 6.21. The van der Waals surface area contributed by atoms with Gasteiger partial charge in [-0.15, -0.1) is 0 Å². The third-order valence-electron chi connectivity index (χ3n) is 4.29. The monoisotopic (exact) mass is 259 g/mol. The molecule has 5 heteroatoms. The summed E-state index contributed by atoms with van der Waals surface area (Å²) in [6.45, 7) is 0.305. The van der Waals surface area contributed by atoms with Crippen molar-refractivity contribution in [3.8, 4) is 0 Å². The lowest BCUT2D eigenvalue weighted by Gasteiger charge is -2.41. The van der Waals surface area contributed by atoms with Crippen molar-refractivity contribution in [1.29, 1.82) is 0 Å². The maximum atomic E-state index is 12.6. The fourth-order valence-corrected chi connectivity index (χ4v) is 2.91. The highest BCUT2D eigenvalue weighted by Gasteiger charge is 2.48. The number of anilines is 2. The van der Waals surface area contributed by atoms with Crippen molar-refractivity contribution in [3.63, 3.8) is 0 Å². The van der Waals surface area contributed by atoms with Crippen LogP contribution in [0.2, 0.25) is 0 Å². The van der Waals surface area contributed by atoms with Crippen molar-refractivity contribution in [2.75, 3.05) is 17.2 Å². The Morgan fingerprint density at radius 1 is 1.37 bits per heavy atom. The molecule has 3 rings (SSSR count).